The fourth-order valence-electron chi connectivity index (χ4n) is 2.91. The maximum absolute atomic E-state index is 5.67. The number of rotatable bonds is 4. The van der Waals surface area contributed by atoms with Crippen molar-refractivity contribution in [3.05, 3.63) is 11.8 Å². The third-order valence-corrected chi connectivity index (χ3v) is 3.73. The van der Waals surface area contributed by atoms with Crippen molar-refractivity contribution in [1.82, 2.24) is 9.97 Å². The lowest BCUT2D eigenvalue weighted by molar-refractivity contribution is 0.227. The van der Waals surface area contributed by atoms with Gasteiger partial charge in [0.1, 0.15) is 0 Å². The Hall–Kier alpha value is -1.32. The van der Waals surface area contributed by atoms with Crippen LogP contribution in [0, 0.1) is 12.3 Å². The molecule has 20 heavy (non-hydrogen) atoms. The highest BCUT2D eigenvalue weighted by atomic mass is 16.5. The number of nitrogens with zero attached hydrogens (tertiary/aromatic N) is 2. The lowest BCUT2D eigenvalue weighted by Gasteiger charge is -2.35. The molecule has 1 unspecified atom stereocenters. The maximum atomic E-state index is 5.67. The number of aryl methyl sites for hydroxylation is 1. The van der Waals surface area contributed by atoms with Gasteiger partial charge in [0.15, 0.2) is 0 Å². The smallest absolute Gasteiger partial charge is 0.226 e. The van der Waals surface area contributed by atoms with Crippen molar-refractivity contribution in [1.29, 1.82) is 0 Å². The second-order valence-electron chi connectivity index (χ2n) is 6.94. The largest absolute Gasteiger partial charge is 0.475 e. The van der Waals surface area contributed by atoms with Crippen molar-refractivity contribution >= 4 is 5.95 Å². The van der Waals surface area contributed by atoms with Gasteiger partial charge in [0, 0.05) is 17.8 Å². The van der Waals surface area contributed by atoms with Crippen LogP contribution in [0.25, 0.3) is 0 Å². The van der Waals surface area contributed by atoms with E-state index in [2.05, 4.69) is 29.1 Å². The van der Waals surface area contributed by atoms with Crippen molar-refractivity contribution in [2.45, 2.75) is 72.4 Å². The van der Waals surface area contributed by atoms with Gasteiger partial charge in [-0.05, 0) is 45.4 Å². The fourth-order valence-corrected chi connectivity index (χ4v) is 2.91. The molecule has 1 aliphatic carbocycles. The van der Waals surface area contributed by atoms with Crippen molar-refractivity contribution in [3.8, 4) is 5.88 Å². The van der Waals surface area contributed by atoms with Gasteiger partial charge in [-0.3, -0.25) is 0 Å². The zero-order chi connectivity index (χ0) is 14.8. The minimum absolute atomic E-state index is 0.130. The molecule has 1 aromatic heterocycles. The predicted molar refractivity (Wildman–Crippen MR) is 82.2 cm³/mol. The van der Waals surface area contributed by atoms with Gasteiger partial charge in [0.2, 0.25) is 11.8 Å². The molecule has 112 valence electrons. The molecule has 0 aromatic carbocycles. The number of aromatic nitrogens is 2. The van der Waals surface area contributed by atoms with E-state index in [4.69, 9.17) is 4.74 Å². The predicted octanol–water partition coefficient (Wildman–Crippen LogP) is 3.95. The molecule has 0 aliphatic heterocycles. The van der Waals surface area contributed by atoms with Crippen molar-refractivity contribution in [2.24, 2.45) is 5.41 Å². The highest BCUT2D eigenvalue weighted by Crippen LogP contribution is 2.36. The van der Waals surface area contributed by atoms with Crippen LogP contribution in [0.1, 0.15) is 59.1 Å². The summed E-state index contributed by atoms with van der Waals surface area (Å²) in [5.41, 5.74) is 1.35. The number of nitrogens with one attached hydrogen (secondary N) is 1. The van der Waals surface area contributed by atoms with Gasteiger partial charge in [-0.2, -0.15) is 4.98 Å². The summed E-state index contributed by atoms with van der Waals surface area (Å²) < 4.78 is 5.67. The number of ether oxygens (including phenoxy) is 1. The standard InChI is InChI=1S/C16H27N3O/c1-11(2)20-14-9-12(3)17-15(19-14)18-13-7-6-8-16(4,5)10-13/h9,11,13H,6-8,10H2,1-5H3,(H,17,18,19). The minimum Gasteiger partial charge on any atom is -0.475 e. The minimum atomic E-state index is 0.130. The van der Waals surface area contributed by atoms with Crippen LogP contribution >= 0.6 is 0 Å². The monoisotopic (exact) mass is 277 g/mol. The van der Waals surface area contributed by atoms with Gasteiger partial charge in [-0.1, -0.05) is 20.3 Å². The first kappa shape index (κ1) is 15.1. The summed E-state index contributed by atoms with van der Waals surface area (Å²) in [4.78, 5) is 8.95. The molecule has 1 aliphatic rings. The van der Waals surface area contributed by atoms with Crippen LogP contribution in [0.5, 0.6) is 5.88 Å². The summed E-state index contributed by atoms with van der Waals surface area (Å²) in [5, 5.41) is 3.49. The van der Waals surface area contributed by atoms with Crippen LogP contribution in [-0.2, 0) is 0 Å². The van der Waals surface area contributed by atoms with Crippen LogP contribution in [0.2, 0.25) is 0 Å². The Morgan fingerprint density at radius 1 is 1.35 bits per heavy atom. The summed E-state index contributed by atoms with van der Waals surface area (Å²) in [6.45, 7) is 10.7. The van der Waals surface area contributed by atoms with E-state index in [0.29, 0.717) is 23.3 Å². The van der Waals surface area contributed by atoms with Crippen LogP contribution in [0.4, 0.5) is 5.95 Å². The fraction of sp³-hybridized carbons (Fsp3) is 0.750. The van der Waals surface area contributed by atoms with Gasteiger partial charge >= 0.3 is 0 Å². The molecule has 0 amide bonds. The highest BCUT2D eigenvalue weighted by Gasteiger charge is 2.28. The topological polar surface area (TPSA) is 47.0 Å². The van der Waals surface area contributed by atoms with Crippen molar-refractivity contribution in [3.63, 3.8) is 0 Å². The summed E-state index contributed by atoms with van der Waals surface area (Å²) in [7, 11) is 0. The van der Waals surface area contributed by atoms with Crippen molar-refractivity contribution < 1.29 is 4.74 Å². The third kappa shape index (κ3) is 4.36. The molecule has 1 heterocycles. The van der Waals surface area contributed by atoms with E-state index >= 15 is 0 Å². The van der Waals surface area contributed by atoms with E-state index < -0.39 is 0 Å². The number of anilines is 1. The van der Waals surface area contributed by atoms with Crippen molar-refractivity contribution in [2.75, 3.05) is 5.32 Å². The Bertz CT molecular complexity index is 457. The van der Waals surface area contributed by atoms with E-state index in [0.717, 1.165) is 5.69 Å². The molecule has 1 atom stereocenters. The van der Waals surface area contributed by atoms with Gasteiger partial charge in [-0.15, -0.1) is 0 Å². The van der Waals surface area contributed by atoms with E-state index in [9.17, 15) is 0 Å². The lowest BCUT2D eigenvalue weighted by atomic mass is 9.75. The Morgan fingerprint density at radius 2 is 2.10 bits per heavy atom. The van der Waals surface area contributed by atoms with Crippen LogP contribution in [-0.4, -0.2) is 22.1 Å². The Labute approximate surface area is 122 Å². The lowest BCUT2D eigenvalue weighted by Crippen LogP contribution is -2.32. The molecule has 4 nitrogen and oxygen atoms in total. The molecule has 2 rings (SSSR count). The third-order valence-electron chi connectivity index (χ3n) is 3.73. The maximum Gasteiger partial charge on any atom is 0.226 e. The zero-order valence-corrected chi connectivity index (χ0v) is 13.4. The Morgan fingerprint density at radius 3 is 2.75 bits per heavy atom. The molecule has 0 saturated heterocycles. The molecule has 0 spiro atoms. The Balaban J connectivity index is 2.07. The highest BCUT2D eigenvalue weighted by molar-refractivity contribution is 5.32. The number of hydrogen-bond donors (Lipinski definition) is 1. The van der Waals surface area contributed by atoms with Crippen LogP contribution < -0.4 is 10.1 Å². The second-order valence-corrected chi connectivity index (χ2v) is 6.94. The summed E-state index contributed by atoms with van der Waals surface area (Å²) in [6.07, 6.45) is 5.07. The van der Waals surface area contributed by atoms with E-state index in [1.54, 1.807) is 0 Å². The number of hydrogen-bond acceptors (Lipinski definition) is 4. The van der Waals surface area contributed by atoms with Crippen LogP contribution in [0.3, 0.4) is 0 Å². The first-order valence-electron chi connectivity index (χ1n) is 7.63. The zero-order valence-electron chi connectivity index (χ0n) is 13.4. The van der Waals surface area contributed by atoms with Gasteiger partial charge in [0.05, 0.1) is 6.10 Å². The molecule has 1 N–H and O–H groups in total. The molecule has 4 heteroatoms. The average molecular weight is 277 g/mol. The molecular weight excluding hydrogens is 250 g/mol. The van der Waals surface area contributed by atoms with E-state index in [1.807, 2.05) is 26.8 Å². The summed E-state index contributed by atoms with van der Waals surface area (Å²) >= 11 is 0. The summed E-state index contributed by atoms with van der Waals surface area (Å²) in [5.74, 6) is 1.36. The SMILES string of the molecule is Cc1cc(OC(C)C)nc(NC2CCCC(C)(C)C2)n1. The molecule has 1 saturated carbocycles. The second kappa shape index (κ2) is 5.98. The molecule has 1 fully saturated rings. The van der Waals surface area contributed by atoms with Gasteiger partial charge < -0.3 is 10.1 Å². The molecule has 0 radical (unpaired) electrons. The van der Waals surface area contributed by atoms with Gasteiger partial charge in [0.25, 0.3) is 0 Å². The quantitative estimate of drug-likeness (QED) is 0.905. The molecular formula is C16H27N3O. The van der Waals surface area contributed by atoms with Gasteiger partial charge in [-0.25, -0.2) is 4.98 Å². The Kier molecular flexibility index (Phi) is 4.51. The first-order chi connectivity index (χ1) is 9.34. The van der Waals surface area contributed by atoms with E-state index in [1.165, 1.54) is 25.7 Å². The normalized spacial score (nSPS) is 21.8. The average Bonchev–Trinajstić information content (AvgIpc) is 2.25. The summed E-state index contributed by atoms with van der Waals surface area (Å²) in [6, 6.07) is 2.35. The van der Waals surface area contributed by atoms with E-state index in [-0.39, 0.29) is 6.10 Å². The first-order valence-corrected chi connectivity index (χ1v) is 7.63. The van der Waals surface area contributed by atoms with Crippen LogP contribution in [0.15, 0.2) is 6.07 Å². The molecule has 1 aromatic rings. The molecule has 0 bridgehead atoms.